The number of carbonyl (C=O) groups is 4. The number of ether oxygens (including phenoxy) is 1. The molecular formula is C49H53FN12O6. The van der Waals surface area contributed by atoms with Gasteiger partial charge < -0.3 is 24.8 Å². The fourth-order valence-electron chi connectivity index (χ4n) is 9.66. The van der Waals surface area contributed by atoms with Crippen molar-refractivity contribution in [3.8, 4) is 22.9 Å². The minimum atomic E-state index is -0.745. The zero-order valence-electron chi connectivity index (χ0n) is 38.3. The van der Waals surface area contributed by atoms with Crippen LogP contribution in [0.4, 0.5) is 10.1 Å². The number of hydrogen-bond donors (Lipinski definition) is 3. The van der Waals surface area contributed by atoms with Gasteiger partial charge in [0.15, 0.2) is 5.82 Å². The van der Waals surface area contributed by atoms with Crippen molar-refractivity contribution in [3.63, 3.8) is 0 Å². The van der Waals surface area contributed by atoms with Gasteiger partial charge in [0, 0.05) is 107 Å². The smallest absolute Gasteiger partial charge is 0.329 e. The number of para-hydroxylation sites is 1. The van der Waals surface area contributed by atoms with Crippen molar-refractivity contribution in [2.45, 2.75) is 51.6 Å². The zero-order chi connectivity index (χ0) is 47.6. The number of methoxy groups -OCH3 is 1. The van der Waals surface area contributed by atoms with E-state index in [-0.39, 0.29) is 61.1 Å². The second kappa shape index (κ2) is 19.3. The average molecular weight is 925 g/mol. The molecule has 0 bridgehead atoms. The number of imidazole rings is 1. The van der Waals surface area contributed by atoms with Crippen LogP contribution in [-0.2, 0) is 34.4 Å². The van der Waals surface area contributed by atoms with E-state index in [0.29, 0.717) is 64.8 Å². The van der Waals surface area contributed by atoms with Crippen LogP contribution in [-0.4, -0.2) is 122 Å². The molecule has 0 saturated carbocycles. The Hall–Kier alpha value is -7.59. The zero-order valence-corrected chi connectivity index (χ0v) is 38.3. The minimum absolute atomic E-state index is 0.0821. The third-order valence-corrected chi connectivity index (χ3v) is 13.4. The molecule has 4 amide bonds. The van der Waals surface area contributed by atoms with Crippen LogP contribution in [0.3, 0.4) is 0 Å². The summed E-state index contributed by atoms with van der Waals surface area (Å²) in [6.07, 6.45) is 7.11. The highest BCUT2D eigenvalue weighted by atomic mass is 19.1. The number of halogens is 1. The monoisotopic (exact) mass is 924 g/mol. The van der Waals surface area contributed by atoms with Gasteiger partial charge in [0.25, 0.3) is 5.91 Å². The van der Waals surface area contributed by atoms with E-state index in [1.807, 2.05) is 42.5 Å². The molecule has 0 spiro atoms. The molecule has 3 aliphatic rings. The summed E-state index contributed by atoms with van der Waals surface area (Å²) in [5.41, 5.74) is 5.69. The molecule has 2 atom stereocenters. The van der Waals surface area contributed by atoms with E-state index in [0.717, 1.165) is 49.5 Å². The third kappa shape index (κ3) is 8.98. The van der Waals surface area contributed by atoms with Gasteiger partial charge in [0.1, 0.15) is 17.5 Å². The SMILES string of the molecule is COc1cc(N2CCN(CCc3cccc4c3n(C)c(=O)n4C3CCC(=O)NC3=O)CC2)ccc1-c1cc(C2=CCCN(C(=O)CCn3ccnn3)C2)c(F)c2[nH]c(C(=O)NC[C@@H](C)C#N)cc12. The maximum Gasteiger partial charge on any atom is 0.329 e. The van der Waals surface area contributed by atoms with Crippen molar-refractivity contribution in [2.24, 2.45) is 13.0 Å². The maximum atomic E-state index is 16.9. The number of piperidine rings is 1. The Kier molecular flexibility index (Phi) is 12.9. The second-order valence-electron chi connectivity index (χ2n) is 17.7. The number of fused-ring (bicyclic) bond motifs is 2. The molecule has 1 unspecified atom stereocenters. The maximum absolute atomic E-state index is 16.9. The molecule has 3 aromatic carbocycles. The number of hydrogen-bond acceptors (Lipinski definition) is 11. The number of nitrogens with one attached hydrogen (secondary N) is 3. The van der Waals surface area contributed by atoms with Gasteiger partial charge >= 0.3 is 5.69 Å². The molecule has 9 rings (SSSR count). The number of nitrogens with zero attached hydrogens (tertiary/aromatic N) is 9. The summed E-state index contributed by atoms with van der Waals surface area (Å²) in [7, 11) is 3.31. The summed E-state index contributed by atoms with van der Waals surface area (Å²) in [5, 5.41) is 22.7. The predicted octanol–water partition coefficient (Wildman–Crippen LogP) is 4.17. The number of carbonyl (C=O) groups excluding carboxylic acids is 4. The van der Waals surface area contributed by atoms with Crippen LogP contribution in [0.1, 0.15) is 60.3 Å². The second-order valence-corrected chi connectivity index (χ2v) is 17.7. The van der Waals surface area contributed by atoms with Crippen LogP contribution in [0.2, 0.25) is 0 Å². The standard InChI is InChI=1S/C49H53FN12O6/c1-30(27-51)28-52-47(65)38-26-37-36(25-35(44(50)45(37)54-38)32-7-5-16-60(29-32)43(64)14-18-61-19-15-53-56-61)34-10-9-33(24-41(34)68-3)59-22-20-58(21-23-59)17-13-31-6-4-8-39-46(31)57(2)49(67)62(39)40-11-12-42(63)55-48(40)66/h4,6-10,15,19,24-26,30,40,54H,5,11-14,16-18,20-23,28-29H2,1-3H3,(H,52,65)(H,55,63,66)/t30-,40?/m0/s1. The van der Waals surface area contributed by atoms with E-state index in [9.17, 15) is 29.2 Å². The molecule has 3 aliphatic heterocycles. The van der Waals surface area contributed by atoms with Crippen molar-refractivity contribution < 1.29 is 28.3 Å². The van der Waals surface area contributed by atoms with Crippen molar-refractivity contribution in [3.05, 3.63) is 100 Å². The van der Waals surface area contributed by atoms with Crippen LogP contribution in [0.15, 0.2) is 71.8 Å². The van der Waals surface area contributed by atoms with E-state index in [1.165, 1.54) is 4.57 Å². The largest absolute Gasteiger partial charge is 0.496 e. The Morgan fingerprint density at radius 2 is 1.85 bits per heavy atom. The molecule has 19 heteroatoms. The lowest BCUT2D eigenvalue weighted by atomic mass is 9.92. The molecule has 0 radical (unpaired) electrons. The highest BCUT2D eigenvalue weighted by molar-refractivity contribution is 6.05. The van der Waals surface area contributed by atoms with Gasteiger partial charge in [-0.1, -0.05) is 23.4 Å². The van der Waals surface area contributed by atoms with Gasteiger partial charge in [-0.15, -0.1) is 5.10 Å². The van der Waals surface area contributed by atoms with Gasteiger partial charge in [-0.25, -0.2) is 9.18 Å². The summed E-state index contributed by atoms with van der Waals surface area (Å²) in [4.78, 5) is 74.2. The molecule has 6 heterocycles. The fourth-order valence-corrected chi connectivity index (χ4v) is 9.66. The lowest BCUT2D eigenvalue weighted by Gasteiger charge is -2.36. The lowest BCUT2D eigenvalue weighted by molar-refractivity contribution is -0.136. The number of rotatable bonds is 14. The van der Waals surface area contributed by atoms with E-state index in [2.05, 4.69) is 41.8 Å². The summed E-state index contributed by atoms with van der Waals surface area (Å²) in [6, 6.07) is 16.5. The first-order valence-corrected chi connectivity index (χ1v) is 22.9. The number of piperazine rings is 1. The van der Waals surface area contributed by atoms with Crippen LogP contribution < -0.4 is 26.0 Å². The van der Waals surface area contributed by atoms with Gasteiger partial charge in [-0.2, -0.15) is 5.26 Å². The minimum Gasteiger partial charge on any atom is -0.496 e. The first-order valence-electron chi connectivity index (χ1n) is 22.9. The average Bonchev–Trinajstić information content (AvgIpc) is 4.11. The van der Waals surface area contributed by atoms with Crippen LogP contribution >= 0.6 is 0 Å². The molecule has 3 N–H and O–H groups in total. The molecule has 3 aromatic heterocycles. The van der Waals surface area contributed by atoms with Crippen molar-refractivity contribution in [2.75, 3.05) is 64.4 Å². The molecule has 2 saturated heterocycles. The number of amides is 4. The van der Waals surface area contributed by atoms with Crippen molar-refractivity contribution in [1.82, 2.24) is 49.5 Å². The molecular weight excluding hydrogens is 872 g/mol. The fraction of sp³-hybridized carbons (Fsp3) is 0.388. The molecule has 352 valence electrons. The Morgan fingerprint density at radius 1 is 1.03 bits per heavy atom. The number of benzene rings is 3. The number of aromatic nitrogens is 6. The van der Waals surface area contributed by atoms with Crippen molar-refractivity contribution >= 4 is 56.8 Å². The summed E-state index contributed by atoms with van der Waals surface area (Å²) >= 11 is 0. The van der Waals surface area contributed by atoms with E-state index < -0.39 is 29.6 Å². The topological polar surface area (TPSA) is 209 Å². The van der Waals surface area contributed by atoms with E-state index >= 15 is 4.39 Å². The highest BCUT2D eigenvalue weighted by Gasteiger charge is 2.32. The molecule has 2 fully saturated rings. The summed E-state index contributed by atoms with van der Waals surface area (Å²) < 4.78 is 27.6. The van der Waals surface area contributed by atoms with Gasteiger partial charge in [0.2, 0.25) is 17.7 Å². The normalized spacial score (nSPS) is 17.3. The lowest BCUT2D eigenvalue weighted by Crippen LogP contribution is -2.47. The van der Waals surface area contributed by atoms with Gasteiger partial charge in [0.05, 0.1) is 48.4 Å². The van der Waals surface area contributed by atoms with Crippen LogP contribution in [0, 0.1) is 23.1 Å². The highest BCUT2D eigenvalue weighted by Crippen LogP contribution is 2.42. The summed E-state index contributed by atoms with van der Waals surface area (Å²) in [5.74, 6) is -1.74. The Bertz CT molecular complexity index is 3060. The molecule has 18 nitrogen and oxygen atoms in total. The molecule has 0 aliphatic carbocycles. The quantitative estimate of drug-likeness (QED) is 0.132. The number of anilines is 1. The molecule has 68 heavy (non-hydrogen) atoms. The first-order chi connectivity index (χ1) is 32.9. The number of aromatic amines is 1. The Balaban J connectivity index is 0.941. The number of aryl methyl sites for hydroxylation is 2. The first kappa shape index (κ1) is 45.6. The number of imide groups is 1. The van der Waals surface area contributed by atoms with Crippen LogP contribution in [0.25, 0.3) is 38.6 Å². The Labute approximate surface area is 390 Å². The van der Waals surface area contributed by atoms with Gasteiger partial charge in [-0.05, 0) is 73.2 Å². The third-order valence-electron chi connectivity index (χ3n) is 13.4. The van der Waals surface area contributed by atoms with Crippen LogP contribution in [0.5, 0.6) is 5.75 Å². The number of nitriles is 1. The predicted molar refractivity (Wildman–Crippen MR) is 252 cm³/mol. The molecule has 6 aromatic rings. The van der Waals surface area contributed by atoms with Crippen molar-refractivity contribution in [1.29, 1.82) is 5.26 Å². The van der Waals surface area contributed by atoms with E-state index in [4.69, 9.17) is 4.74 Å². The number of H-pyrrole nitrogens is 1. The Morgan fingerprint density at radius 3 is 2.60 bits per heavy atom. The summed E-state index contributed by atoms with van der Waals surface area (Å²) in [6.45, 7) is 6.72. The van der Waals surface area contributed by atoms with E-state index in [1.54, 1.807) is 59.8 Å². The van der Waals surface area contributed by atoms with Gasteiger partial charge in [-0.3, -0.25) is 43.2 Å².